The number of anilines is 1. The molecule has 2 aromatic heterocycles. The van der Waals surface area contributed by atoms with Crippen molar-refractivity contribution < 1.29 is 4.79 Å². The molecule has 0 aliphatic heterocycles. The molecule has 0 radical (unpaired) electrons. The van der Waals surface area contributed by atoms with E-state index in [1.807, 2.05) is 36.6 Å². The number of pyridine rings is 1. The van der Waals surface area contributed by atoms with Gasteiger partial charge in [0.1, 0.15) is 5.52 Å². The summed E-state index contributed by atoms with van der Waals surface area (Å²) in [5.74, 6) is 0.704. The average Bonchev–Trinajstić information content (AvgIpc) is 2.63. The molecule has 0 bridgehead atoms. The molecular weight excluding hydrogens is 288 g/mol. The molecule has 1 amide bonds. The van der Waals surface area contributed by atoms with Gasteiger partial charge in [-0.3, -0.25) is 14.7 Å². The van der Waals surface area contributed by atoms with Gasteiger partial charge in [0.15, 0.2) is 5.65 Å². The number of halogens is 1. The Morgan fingerprint density at radius 2 is 2.24 bits per heavy atom. The maximum Gasteiger partial charge on any atom is 0.226 e. The summed E-state index contributed by atoms with van der Waals surface area (Å²) in [6.07, 6.45) is 7.83. The first kappa shape index (κ1) is 13.8. The molecule has 21 heavy (non-hydrogen) atoms. The lowest BCUT2D eigenvalue weighted by molar-refractivity contribution is -0.116. The minimum Gasteiger partial charge on any atom is -0.296 e. The number of nitrogens with one attached hydrogen (secondary N) is 1. The van der Waals surface area contributed by atoms with Crippen LogP contribution in [0.2, 0.25) is 5.02 Å². The molecule has 108 valence electrons. The van der Waals surface area contributed by atoms with Crippen molar-refractivity contribution in [2.75, 3.05) is 5.32 Å². The number of imidazole rings is 1. The highest BCUT2D eigenvalue weighted by atomic mass is 35.5. The van der Waals surface area contributed by atoms with Crippen molar-refractivity contribution in [3.05, 3.63) is 35.5 Å². The summed E-state index contributed by atoms with van der Waals surface area (Å²) >= 11 is 5.95. The number of nitrogens with zero attached hydrogens (tertiary/aromatic N) is 3. The number of allylic oxidation sites excluding steroid dienone is 4. The Kier molecular flexibility index (Phi) is 3.51. The Balaban J connectivity index is 2.02. The number of hydrogen-bond acceptors (Lipinski definition) is 3. The van der Waals surface area contributed by atoms with Gasteiger partial charge in [-0.15, -0.1) is 0 Å². The van der Waals surface area contributed by atoms with Crippen molar-refractivity contribution in [1.82, 2.24) is 14.5 Å². The van der Waals surface area contributed by atoms with Crippen LogP contribution in [-0.4, -0.2) is 20.4 Å². The zero-order valence-corrected chi connectivity index (χ0v) is 12.6. The van der Waals surface area contributed by atoms with Gasteiger partial charge < -0.3 is 0 Å². The highest BCUT2D eigenvalue weighted by Gasteiger charge is 2.18. The number of fused-ring (bicyclic) bond motifs is 1. The molecular formula is C15H15ClN4O. The normalized spacial score (nSPS) is 13.4. The van der Waals surface area contributed by atoms with Gasteiger partial charge in [-0.05, 0) is 24.1 Å². The Bertz CT molecular complexity index is 773. The van der Waals surface area contributed by atoms with Crippen molar-refractivity contribution in [3.63, 3.8) is 0 Å². The van der Waals surface area contributed by atoms with E-state index in [2.05, 4.69) is 15.3 Å². The molecule has 1 aliphatic rings. The van der Waals surface area contributed by atoms with Crippen LogP contribution in [0.5, 0.6) is 0 Å². The third kappa shape index (κ3) is 2.69. The van der Waals surface area contributed by atoms with Gasteiger partial charge >= 0.3 is 0 Å². The maximum absolute atomic E-state index is 12.0. The molecule has 0 aromatic carbocycles. The van der Waals surface area contributed by atoms with Crippen LogP contribution in [0.15, 0.2) is 30.5 Å². The standard InChI is InChI=1S/C15H15ClN4O/c1-9(2)6-13(21)19-15-18-12-7-10(16)8-17-14(12)20(15)11-4-3-5-11/h3-5,7-9H,6H2,1-2H3,(H,18,19,21). The number of rotatable bonds is 4. The second-order valence-corrected chi connectivity index (χ2v) is 5.80. The topological polar surface area (TPSA) is 59.8 Å². The van der Waals surface area contributed by atoms with Crippen molar-refractivity contribution in [1.29, 1.82) is 0 Å². The molecule has 0 saturated heterocycles. The van der Waals surface area contributed by atoms with E-state index in [1.165, 1.54) is 0 Å². The molecule has 0 saturated carbocycles. The van der Waals surface area contributed by atoms with E-state index in [9.17, 15) is 4.79 Å². The lowest BCUT2D eigenvalue weighted by Crippen LogP contribution is -2.17. The van der Waals surface area contributed by atoms with Crippen LogP contribution in [0.25, 0.3) is 16.9 Å². The summed E-state index contributed by atoms with van der Waals surface area (Å²) in [4.78, 5) is 20.7. The van der Waals surface area contributed by atoms with E-state index in [0.717, 1.165) is 5.70 Å². The smallest absolute Gasteiger partial charge is 0.226 e. The number of carbonyl (C=O) groups excluding carboxylic acids is 1. The summed E-state index contributed by atoms with van der Waals surface area (Å²) in [6, 6.07) is 1.74. The number of carbonyl (C=O) groups is 1. The molecule has 3 rings (SSSR count). The Hall–Kier alpha value is -2.14. The zero-order valence-electron chi connectivity index (χ0n) is 11.8. The van der Waals surface area contributed by atoms with Gasteiger partial charge in [0.05, 0.1) is 10.7 Å². The quantitative estimate of drug-likeness (QED) is 0.940. The molecule has 0 atom stereocenters. The number of hydrogen-bond donors (Lipinski definition) is 1. The van der Waals surface area contributed by atoms with Gasteiger partial charge in [-0.25, -0.2) is 9.97 Å². The predicted molar refractivity (Wildman–Crippen MR) is 84.0 cm³/mol. The predicted octanol–water partition coefficient (Wildman–Crippen LogP) is 3.48. The first-order chi connectivity index (χ1) is 10.0. The minimum absolute atomic E-state index is 0.0587. The first-order valence-corrected chi connectivity index (χ1v) is 7.15. The average molecular weight is 303 g/mol. The second-order valence-electron chi connectivity index (χ2n) is 5.36. The van der Waals surface area contributed by atoms with Gasteiger partial charge in [-0.1, -0.05) is 31.5 Å². The zero-order chi connectivity index (χ0) is 15.0. The van der Waals surface area contributed by atoms with Crippen LogP contribution in [-0.2, 0) is 4.79 Å². The molecule has 5 nitrogen and oxygen atoms in total. The van der Waals surface area contributed by atoms with Crippen molar-refractivity contribution in [2.24, 2.45) is 5.92 Å². The van der Waals surface area contributed by atoms with Crippen LogP contribution in [0, 0.1) is 5.92 Å². The monoisotopic (exact) mass is 302 g/mol. The fourth-order valence-electron chi connectivity index (χ4n) is 2.15. The largest absolute Gasteiger partial charge is 0.296 e. The van der Waals surface area contributed by atoms with Crippen LogP contribution < -0.4 is 5.32 Å². The van der Waals surface area contributed by atoms with Gasteiger partial charge in [0, 0.05) is 12.6 Å². The van der Waals surface area contributed by atoms with Crippen molar-refractivity contribution in [3.8, 4) is 0 Å². The molecule has 1 N–H and O–H groups in total. The fraction of sp³-hybridized carbons (Fsp3) is 0.267. The number of aromatic nitrogens is 3. The molecule has 6 heteroatoms. The van der Waals surface area contributed by atoms with E-state index >= 15 is 0 Å². The summed E-state index contributed by atoms with van der Waals surface area (Å²) in [6.45, 7) is 4.00. The maximum atomic E-state index is 12.0. The fourth-order valence-corrected chi connectivity index (χ4v) is 2.30. The third-order valence-corrected chi connectivity index (χ3v) is 3.31. The summed E-state index contributed by atoms with van der Waals surface area (Å²) in [5.41, 5.74) is 2.27. The van der Waals surface area contributed by atoms with Crippen LogP contribution in [0.3, 0.4) is 0 Å². The number of amides is 1. The summed E-state index contributed by atoms with van der Waals surface area (Å²) in [5, 5.41) is 3.37. The Morgan fingerprint density at radius 1 is 1.48 bits per heavy atom. The lowest BCUT2D eigenvalue weighted by atomic mass is 10.1. The molecule has 1 aliphatic carbocycles. The second kappa shape index (κ2) is 5.33. The van der Waals surface area contributed by atoms with E-state index in [-0.39, 0.29) is 5.91 Å². The van der Waals surface area contributed by atoms with E-state index < -0.39 is 0 Å². The van der Waals surface area contributed by atoms with Gasteiger partial charge in [0.2, 0.25) is 11.9 Å². The first-order valence-electron chi connectivity index (χ1n) is 6.77. The molecule has 0 spiro atoms. The van der Waals surface area contributed by atoms with Crippen LogP contribution >= 0.6 is 11.6 Å². The molecule has 0 unspecified atom stereocenters. The van der Waals surface area contributed by atoms with E-state index in [0.29, 0.717) is 34.5 Å². The Morgan fingerprint density at radius 3 is 2.86 bits per heavy atom. The molecule has 2 aromatic rings. The van der Waals surface area contributed by atoms with Gasteiger partial charge in [0.25, 0.3) is 0 Å². The molecule has 2 heterocycles. The minimum atomic E-state index is -0.0587. The van der Waals surface area contributed by atoms with Crippen LogP contribution in [0.4, 0.5) is 5.95 Å². The Labute approximate surface area is 127 Å². The summed E-state index contributed by atoms with van der Waals surface area (Å²) < 4.78 is 1.82. The lowest BCUT2D eigenvalue weighted by Gasteiger charge is -2.13. The summed E-state index contributed by atoms with van der Waals surface area (Å²) in [7, 11) is 0. The van der Waals surface area contributed by atoms with E-state index in [4.69, 9.17) is 11.6 Å². The highest BCUT2D eigenvalue weighted by Crippen LogP contribution is 2.27. The molecule has 0 fully saturated rings. The van der Waals surface area contributed by atoms with Crippen molar-refractivity contribution >= 4 is 40.3 Å². The van der Waals surface area contributed by atoms with Crippen molar-refractivity contribution in [2.45, 2.75) is 20.3 Å². The van der Waals surface area contributed by atoms with Crippen LogP contribution in [0.1, 0.15) is 20.3 Å². The van der Waals surface area contributed by atoms with E-state index in [1.54, 1.807) is 12.3 Å². The SMILES string of the molecule is CC(C)CC(=O)Nc1nc2cc(Cl)cnc2n1C1=CC=C1. The van der Waals surface area contributed by atoms with Gasteiger partial charge in [-0.2, -0.15) is 0 Å². The highest BCUT2D eigenvalue weighted by molar-refractivity contribution is 6.31. The third-order valence-electron chi connectivity index (χ3n) is 3.10.